The van der Waals surface area contributed by atoms with E-state index >= 15 is 0 Å². The smallest absolute Gasteiger partial charge is 0.430 e. The molecule has 1 aromatic heterocycles. The largest absolute Gasteiger partial charge is 0.542 e. The molecule has 11 heteroatoms. The third-order valence-electron chi connectivity index (χ3n) is 3.89. The van der Waals surface area contributed by atoms with E-state index in [-0.39, 0.29) is 12.1 Å². The number of hydrogen-bond donors (Lipinski definition) is 1. The molecule has 3 rings (SSSR count). The van der Waals surface area contributed by atoms with Crippen molar-refractivity contribution >= 4 is 39.0 Å². The van der Waals surface area contributed by atoms with Crippen molar-refractivity contribution in [2.24, 2.45) is 0 Å². The molecule has 1 fully saturated rings. The van der Waals surface area contributed by atoms with E-state index in [1.54, 1.807) is 4.90 Å². The first-order chi connectivity index (χ1) is 13.3. The minimum atomic E-state index is -5.19. The monoisotopic (exact) mass is 478 g/mol. The van der Waals surface area contributed by atoms with Gasteiger partial charge in [0.1, 0.15) is 17.4 Å². The van der Waals surface area contributed by atoms with Crippen LogP contribution in [0.3, 0.4) is 0 Å². The summed E-state index contributed by atoms with van der Waals surface area (Å²) in [6, 6.07) is 5.89. The van der Waals surface area contributed by atoms with Crippen molar-refractivity contribution in [2.45, 2.75) is 51.4 Å². The molecular formula is C18H20BrF3N3O4-. The van der Waals surface area contributed by atoms with Gasteiger partial charge in [-0.15, -0.1) is 0 Å². The van der Waals surface area contributed by atoms with Crippen LogP contribution in [-0.2, 0) is 9.53 Å². The zero-order valence-electron chi connectivity index (χ0n) is 16.0. The molecule has 0 spiro atoms. The van der Waals surface area contributed by atoms with Crippen LogP contribution in [0, 0.1) is 0 Å². The topological polar surface area (TPSA) is 98.3 Å². The molecule has 1 saturated heterocycles. The molecule has 0 radical (unpaired) electrons. The lowest BCUT2D eigenvalue weighted by Gasteiger charge is -2.27. The maximum Gasteiger partial charge on any atom is 0.430 e. The lowest BCUT2D eigenvalue weighted by molar-refractivity contribution is -0.344. The summed E-state index contributed by atoms with van der Waals surface area (Å²) in [4.78, 5) is 30.9. The van der Waals surface area contributed by atoms with Gasteiger partial charge in [0.2, 0.25) is 0 Å². The van der Waals surface area contributed by atoms with E-state index < -0.39 is 17.7 Å². The Morgan fingerprint density at radius 3 is 2.48 bits per heavy atom. The number of hydrogen-bond acceptors (Lipinski definition) is 5. The number of ether oxygens (including phenoxy) is 1. The molecule has 1 aliphatic heterocycles. The number of nitrogens with zero attached hydrogens (tertiary/aromatic N) is 2. The van der Waals surface area contributed by atoms with Crippen molar-refractivity contribution < 1.29 is 32.6 Å². The summed E-state index contributed by atoms with van der Waals surface area (Å²) in [5.74, 6) is -2.18. The van der Waals surface area contributed by atoms with Gasteiger partial charge in [-0.1, -0.05) is 15.9 Å². The zero-order valence-corrected chi connectivity index (χ0v) is 17.6. The van der Waals surface area contributed by atoms with Gasteiger partial charge < -0.3 is 19.6 Å². The summed E-state index contributed by atoms with van der Waals surface area (Å²) >= 11 is 3.46. The number of amides is 1. The molecular weight excluding hydrogens is 459 g/mol. The fourth-order valence-electron chi connectivity index (χ4n) is 2.75. The van der Waals surface area contributed by atoms with Gasteiger partial charge in [-0.05, 0) is 51.8 Å². The Labute approximate surface area is 173 Å². The van der Waals surface area contributed by atoms with Crippen LogP contribution in [-0.4, -0.2) is 45.3 Å². The molecule has 1 N–H and O–H groups in total. The molecule has 160 valence electrons. The second-order valence-corrected chi connectivity index (χ2v) is 8.32. The van der Waals surface area contributed by atoms with Crippen LogP contribution in [0.1, 0.15) is 45.5 Å². The quantitative estimate of drug-likeness (QED) is 0.673. The number of alkyl halides is 3. The Bertz CT molecular complexity index is 893. The van der Waals surface area contributed by atoms with E-state index in [4.69, 9.17) is 14.6 Å². The highest BCUT2D eigenvalue weighted by Crippen LogP contribution is 2.33. The Morgan fingerprint density at radius 1 is 1.31 bits per heavy atom. The number of aliphatic carboxylic acids is 1. The van der Waals surface area contributed by atoms with Crippen LogP contribution in [0.2, 0.25) is 0 Å². The van der Waals surface area contributed by atoms with Gasteiger partial charge in [0.25, 0.3) is 0 Å². The molecule has 1 atom stereocenters. The molecule has 2 aromatic rings. The highest BCUT2D eigenvalue weighted by Gasteiger charge is 2.35. The van der Waals surface area contributed by atoms with E-state index in [0.29, 0.717) is 6.54 Å². The van der Waals surface area contributed by atoms with Crippen molar-refractivity contribution in [3.63, 3.8) is 0 Å². The molecule has 7 nitrogen and oxygen atoms in total. The predicted octanol–water partition coefficient (Wildman–Crippen LogP) is 3.70. The van der Waals surface area contributed by atoms with Gasteiger partial charge in [0.15, 0.2) is 0 Å². The Hall–Kier alpha value is -2.30. The summed E-state index contributed by atoms with van der Waals surface area (Å²) in [5, 5.41) is 8.78. The Kier molecular flexibility index (Phi) is 6.82. The van der Waals surface area contributed by atoms with E-state index in [2.05, 4.69) is 25.9 Å². The van der Waals surface area contributed by atoms with Gasteiger partial charge in [0, 0.05) is 11.0 Å². The maximum atomic E-state index is 12.4. The highest BCUT2D eigenvalue weighted by molar-refractivity contribution is 9.10. The van der Waals surface area contributed by atoms with Gasteiger partial charge in [-0.3, -0.25) is 4.90 Å². The minimum absolute atomic E-state index is 0.0407. The SMILES string of the molecule is CC(C)(C)OC(=O)N1CCCC1c1nc2ccc(Br)cc2[nH]1.O=C([O-])C(F)(F)F. The lowest BCUT2D eigenvalue weighted by atomic mass is 10.2. The second kappa shape index (κ2) is 8.60. The molecule has 2 heterocycles. The first kappa shape index (κ1) is 23.0. The Morgan fingerprint density at radius 2 is 1.93 bits per heavy atom. The number of carbonyl (C=O) groups excluding carboxylic acids is 2. The molecule has 0 bridgehead atoms. The number of H-pyrrole nitrogens is 1. The van der Waals surface area contributed by atoms with E-state index in [1.165, 1.54) is 0 Å². The maximum absolute atomic E-state index is 12.4. The average molecular weight is 479 g/mol. The van der Waals surface area contributed by atoms with Crippen LogP contribution in [0.25, 0.3) is 11.0 Å². The summed E-state index contributed by atoms with van der Waals surface area (Å²) in [6.45, 7) is 6.36. The van der Waals surface area contributed by atoms with Crippen LogP contribution in [0.4, 0.5) is 18.0 Å². The molecule has 0 saturated carbocycles. The molecule has 1 aliphatic rings. The third kappa shape index (κ3) is 6.34. The number of carboxylic acids is 1. The predicted molar refractivity (Wildman–Crippen MR) is 99.8 cm³/mol. The average Bonchev–Trinajstić information content (AvgIpc) is 3.18. The zero-order chi connectivity index (χ0) is 22.0. The van der Waals surface area contributed by atoms with Crippen molar-refractivity contribution in [3.05, 3.63) is 28.5 Å². The number of halogens is 4. The van der Waals surface area contributed by atoms with Gasteiger partial charge >= 0.3 is 12.3 Å². The number of carbonyl (C=O) groups is 2. The van der Waals surface area contributed by atoms with Crippen molar-refractivity contribution in [3.8, 4) is 0 Å². The van der Waals surface area contributed by atoms with E-state index in [1.807, 2.05) is 39.0 Å². The third-order valence-corrected chi connectivity index (χ3v) is 4.38. The molecule has 0 aliphatic carbocycles. The summed E-state index contributed by atoms with van der Waals surface area (Å²) < 4.78 is 38.1. The number of benzene rings is 1. The Balaban J connectivity index is 0.000000370. The lowest BCUT2D eigenvalue weighted by Crippen LogP contribution is -2.37. The number of fused-ring (bicyclic) bond motifs is 1. The normalized spacial score (nSPS) is 17.1. The van der Waals surface area contributed by atoms with Crippen LogP contribution in [0.5, 0.6) is 0 Å². The number of aromatic amines is 1. The molecule has 1 amide bonds. The number of nitrogens with one attached hydrogen (secondary N) is 1. The van der Waals surface area contributed by atoms with Crippen molar-refractivity contribution in [1.82, 2.24) is 14.9 Å². The van der Waals surface area contributed by atoms with Gasteiger partial charge in [-0.25, -0.2) is 9.78 Å². The second-order valence-electron chi connectivity index (χ2n) is 7.40. The van der Waals surface area contributed by atoms with E-state index in [0.717, 1.165) is 34.2 Å². The van der Waals surface area contributed by atoms with Gasteiger partial charge in [-0.2, -0.15) is 13.2 Å². The number of aromatic nitrogens is 2. The van der Waals surface area contributed by atoms with Crippen molar-refractivity contribution in [1.29, 1.82) is 0 Å². The van der Waals surface area contributed by atoms with E-state index in [9.17, 15) is 18.0 Å². The first-order valence-electron chi connectivity index (χ1n) is 8.71. The molecule has 29 heavy (non-hydrogen) atoms. The van der Waals surface area contributed by atoms with Crippen LogP contribution >= 0.6 is 15.9 Å². The highest BCUT2D eigenvalue weighted by atomic mass is 79.9. The van der Waals surface area contributed by atoms with Gasteiger partial charge in [0.05, 0.1) is 17.1 Å². The number of imidazole rings is 1. The summed E-state index contributed by atoms with van der Waals surface area (Å²) in [5.41, 5.74) is 1.40. The first-order valence-corrected chi connectivity index (χ1v) is 9.50. The number of likely N-dealkylation sites (tertiary alicyclic amines) is 1. The summed E-state index contributed by atoms with van der Waals surface area (Å²) in [7, 11) is 0. The minimum Gasteiger partial charge on any atom is -0.542 e. The fourth-order valence-corrected chi connectivity index (χ4v) is 3.11. The summed E-state index contributed by atoms with van der Waals surface area (Å²) in [6.07, 6.45) is -3.60. The van der Waals surface area contributed by atoms with Crippen molar-refractivity contribution in [2.75, 3.05) is 6.54 Å². The number of carboxylic acid groups (broad SMARTS) is 1. The fraction of sp³-hybridized carbons (Fsp3) is 0.500. The standard InChI is InChI=1S/C16H20BrN3O2.C2HF3O2/c1-16(2,3)22-15(21)20-8-4-5-13(20)14-18-11-7-6-10(17)9-12(11)19-14;3-2(4,5)1(6)7/h6-7,9,13H,4-5,8H2,1-3H3,(H,18,19);(H,6,7)/p-1. The van der Waals surface area contributed by atoms with Crippen LogP contribution in [0.15, 0.2) is 22.7 Å². The van der Waals surface area contributed by atoms with Crippen LogP contribution < -0.4 is 5.11 Å². The molecule has 1 unspecified atom stereocenters. The number of rotatable bonds is 1. The molecule has 1 aromatic carbocycles.